The Hall–Kier alpha value is -1.83. The smallest absolute Gasteiger partial charge is 0.310 e. The number of carbonyl (C=O) groups excluding carboxylic acids is 1. The molecule has 0 bridgehead atoms. The number of carbonyl (C=O) groups is 1. The molecular formula is C15H18O2. The molecule has 1 aromatic rings. The largest absolute Gasteiger partial charge is 0.458 e. The minimum Gasteiger partial charge on any atom is -0.458 e. The third-order valence-corrected chi connectivity index (χ3v) is 2.54. The summed E-state index contributed by atoms with van der Waals surface area (Å²) in [6.45, 7) is 7.43. The molecule has 1 aromatic carbocycles. The van der Waals surface area contributed by atoms with E-state index in [1.807, 2.05) is 50.3 Å². The molecule has 1 rings (SSSR count). The van der Waals surface area contributed by atoms with E-state index in [1.54, 1.807) is 6.08 Å². The Bertz CT molecular complexity index is 404. The lowest BCUT2D eigenvalue weighted by Gasteiger charge is -2.14. The van der Waals surface area contributed by atoms with Gasteiger partial charge < -0.3 is 4.74 Å². The maximum absolute atomic E-state index is 11.7. The molecule has 0 aliphatic heterocycles. The van der Waals surface area contributed by atoms with Crippen LogP contribution in [0.25, 0.3) is 0 Å². The standard InChI is InChI=1S/C15H18O2/c1-4-14(5-2)12(3)17-15(16)11-13-9-7-6-8-10-13/h4-10,12H,1,11H2,2-3H3/b14-5+. The predicted molar refractivity (Wildman–Crippen MR) is 69.7 cm³/mol. The SMILES string of the molecule is C=C/C(=C\C)C(C)OC(=O)Cc1ccccc1. The van der Waals surface area contributed by atoms with Crippen LogP contribution in [0.5, 0.6) is 0 Å². The van der Waals surface area contributed by atoms with Crippen molar-refractivity contribution in [1.29, 1.82) is 0 Å². The second kappa shape index (κ2) is 6.69. The first-order valence-corrected chi connectivity index (χ1v) is 5.69. The third-order valence-electron chi connectivity index (χ3n) is 2.54. The number of benzene rings is 1. The quantitative estimate of drug-likeness (QED) is 0.573. The van der Waals surface area contributed by atoms with E-state index in [4.69, 9.17) is 4.74 Å². The molecule has 0 aliphatic carbocycles. The Balaban J connectivity index is 2.53. The van der Waals surface area contributed by atoms with Crippen LogP contribution in [-0.4, -0.2) is 12.1 Å². The summed E-state index contributed by atoms with van der Waals surface area (Å²) in [5, 5.41) is 0. The van der Waals surface area contributed by atoms with Gasteiger partial charge in [-0.1, -0.05) is 49.1 Å². The van der Waals surface area contributed by atoms with Crippen LogP contribution >= 0.6 is 0 Å². The first-order valence-electron chi connectivity index (χ1n) is 5.69. The summed E-state index contributed by atoms with van der Waals surface area (Å²) < 4.78 is 5.32. The van der Waals surface area contributed by atoms with Crippen LogP contribution < -0.4 is 0 Å². The van der Waals surface area contributed by atoms with Crippen LogP contribution in [0.15, 0.2) is 54.6 Å². The van der Waals surface area contributed by atoms with Crippen LogP contribution in [0.1, 0.15) is 19.4 Å². The van der Waals surface area contributed by atoms with Gasteiger partial charge >= 0.3 is 5.97 Å². The van der Waals surface area contributed by atoms with Crippen molar-refractivity contribution in [3.05, 3.63) is 60.2 Å². The highest BCUT2D eigenvalue weighted by molar-refractivity contribution is 5.73. The third kappa shape index (κ3) is 4.27. The average molecular weight is 230 g/mol. The van der Waals surface area contributed by atoms with Crippen molar-refractivity contribution in [2.24, 2.45) is 0 Å². The zero-order valence-corrected chi connectivity index (χ0v) is 10.3. The molecule has 0 aromatic heterocycles. The molecule has 0 saturated carbocycles. The van der Waals surface area contributed by atoms with Crippen LogP contribution in [0.3, 0.4) is 0 Å². The molecule has 0 aliphatic rings. The fourth-order valence-electron chi connectivity index (χ4n) is 1.59. The van der Waals surface area contributed by atoms with Gasteiger partial charge in [0.1, 0.15) is 6.10 Å². The van der Waals surface area contributed by atoms with Gasteiger partial charge in [-0.05, 0) is 25.0 Å². The van der Waals surface area contributed by atoms with E-state index in [1.165, 1.54) is 0 Å². The summed E-state index contributed by atoms with van der Waals surface area (Å²) in [6.07, 6.45) is 3.67. The van der Waals surface area contributed by atoms with E-state index in [9.17, 15) is 4.79 Å². The predicted octanol–water partition coefficient (Wildman–Crippen LogP) is 3.29. The summed E-state index contributed by atoms with van der Waals surface area (Å²) >= 11 is 0. The lowest BCUT2D eigenvalue weighted by molar-refractivity contribution is -0.145. The van der Waals surface area contributed by atoms with Crippen molar-refractivity contribution in [3.8, 4) is 0 Å². The minimum atomic E-state index is -0.242. The molecule has 2 nitrogen and oxygen atoms in total. The Kier molecular flexibility index (Phi) is 5.21. The van der Waals surface area contributed by atoms with Gasteiger partial charge in [0.15, 0.2) is 0 Å². The van der Waals surface area contributed by atoms with Crippen LogP contribution in [0, 0.1) is 0 Å². The zero-order valence-electron chi connectivity index (χ0n) is 10.3. The first kappa shape index (κ1) is 13.2. The van der Waals surface area contributed by atoms with Gasteiger partial charge in [-0.3, -0.25) is 4.79 Å². The second-order valence-corrected chi connectivity index (χ2v) is 3.79. The van der Waals surface area contributed by atoms with E-state index < -0.39 is 0 Å². The molecule has 17 heavy (non-hydrogen) atoms. The van der Waals surface area contributed by atoms with E-state index in [2.05, 4.69) is 6.58 Å². The van der Waals surface area contributed by atoms with Crippen molar-refractivity contribution in [3.63, 3.8) is 0 Å². The Morgan fingerprint density at radius 2 is 2.06 bits per heavy atom. The van der Waals surface area contributed by atoms with Gasteiger partial charge in [-0.15, -0.1) is 0 Å². The summed E-state index contributed by atoms with van der Waals surface area (Å²) in [6, 6.07) is 9.57. The van der Waals surface area contributed by atoms with Crippen molar-refractivity contribution in [1.82, 2.24) is 0 Å². The van der Waals surface area contributed by atoms with Crippen molar-refractivity contribution in [2.75, 3.05) is 0 Å². The Morgan fingerprint density at radius 3 is 2.59 bits per heavy atom. The Labute approximate surface area is 103 Å². The molecule has 2 heteroatoms. The fourth-order valence-corrected chi connectivity index (χ4v) is 1.59. The highest BCUT2D eigenvalue weighted by Crippen LogP contribution is 2.09. The number of hydrogen-bond acceptors (Lipinski definition) is 2. The van der Waals surface area contributed by atoms with Gasteiger partial charge in [0.25, 0.3) is 0 Å². The van der Waals surface area contributed by atoms with E-state index >= 15 is 0 Å². The van der Waals surface area contributed by atoms with Gasteiger partial charge in [0, 0.05) is 0 Å². The molecule has 0 N–H and O–H groups in total. The number of esters is 1. The fraction of sp³-hybridized carbons (Fsp3) is 0.267. The monoisotopic (exact) mass is 230 g/mol. The summed E-state index contributed by atoms with van der Waals surface area (Å²) in [4.78, 5) is 11.7. The first-order chi connectivity index (χ1) is 8.17. The molecule has 0 radical (unpaired) electrons. The maximum Gasteiger partial charge on any atom is 0.310 e. The average Bonchev–Trinajstić information content (AvgIpc) is 2.31. The second-order valence-electron chi connectivity index (χ2n) is 3.79. The van der Waals surface area contributed by atoms with Crippen molar-refractivity contribution >= 4 is 5.97 Å². The Morgan fingerprint density at radius 1 is 1.41 bits per heavy atom. The summed E-state index contributed by atoms with van der Waals surface area (Å²) in [5.41, 5.74) is 1.89. The van der Waals surface area contributed by atoms with Crippen molar-refractivity contribution in [2.45, 2.75) is 26.4 Å². The van der Waals surface area contributed by atoms with E-state index in [-0.39, 0.29) is 12.1 Å². The lowest BCUT2D eigenvalue weighted by Crippen LogP contribution is -2.17. The maximum atomic E-state index is 11.7. The molecule has 0 saturated heterocycles. The molecule has 1 atom stereocenters. The normalized spacial score (nSPS) is 12.9. The van der Waals surface area contributed by atoms with Crippen LogP contribution in [0.4, 0.5) is 0 Å². The van der Waals surface area contributed by atoms with Gasteiger partial charge in [-0.2, -0.15) is 0 Å². The number of allylic oxidation sites excluding steroid dienone is 1. The number of ether oxygens (including phenoxy) is 1. The molecule has 0 fully saturated rings. The minimum absolute atomic E-state index is 0.218. The molecule has 0 spiro atoms. The lowest BCUT2D eigenvalue weighted by atomic mass is 10.1. The highest BCUT2D eigenvalue weighted by Gasteiger charge is 2.11. The topological polar surface area (TPSA) is 26.3 Å². The van der Waals surface area contributed by atoms with E-state index in [0.29, 0.717) is 6.42 Å². The number of rotatable bonds is 5. The molecule has 0 heterocycles. The zero-order chi connectivity index (χ0) is 12.7. The van der Waals surface area contributed by atoms with Crippen LogP contribution in [0.2, 0.25) is 0 Å². The number of hydrogen-bond donors (Lipinski definition) is 0. The molecule has 90 valence electrons. The van der Waals surface area contributed by atoms with Crippen LogP contribution in [-0.2, 0) is 16.0 Å². The molecular weight excluding hydrogens is 212 g/mol. The molecule has 0 amide bonds. The van der Waals surface area contributed by atoms with Gasteiger partial charge in [0.05, 0.1) is 6.42 Å². The summed E-state index contributed by atoms with van der Waals surface area (Å²) in [7, 11) is 0. The van der Waals surface area contributed by atoms with Gasteiger partial charge in [0.2, 0.25) is 0 Å². The molecule has 1 unspecified atom stereocenters. The van der Waals surface area contributed by atoms with E-state index in [0.717, 1.165) is 11.1 Å². The summed E-state index contributed by atoms with van der Waals surface area (Å²) in [5.74, 6) is -0.218. The van der Waals surface area contributed by atoms with Crippen molar-refractivity contribution < 1.29 is 9.53 Å². The highest BCUT2D eigenvalue weighted by atomic mass is 16.5. The van der Waals surface area contributed by atoms with Gasteiger partial charge in [-0.25, -0.2) is 0 Å².